The summed E-state index contributed by atoms with van der Waals surface area (Å²) in [5.74, 6) is -1.12. The fraction of sp³-hybridized carbons (Fsp3) is 0.300. The number of carbonyl (C=O) groups excluding carboxylic acids is 2. The number of nitriles is 1. The summed E-state index contributed by atoms with van der Waals surface area (Å²) in [6.45, 7) is 2.38. The van der Waals surface area contributed by atoms with E-state index < -0.39 is 11.8 Å². The number of hydrogen-bond acceptors (Lipinski definition) is 6. The predicted octanol–water partition coefficient (Wildman–Crippen LogP) is 2.99. The zero-order valence-electron chi connectivity index (χ0n) is 15.4. The van der Waals surface area contributed by atoms with Gasteiger partial charge in [-0.15, -0.1) is 11.3 Å². The van der Waals surface area contributed by atoms with E-state index in [1.165, 1.54) is 17.6 Å². The third-order valence-electron chi connectivity index (χ3n) is 4.30. The van der Waals surface area contributed by atoms with E-state index in [4.69, 9.17) is 4.74 Å². The predicted molar refractivity (Wildman–Crippen MR) is 108 cm³/mol. The van der Waals surface area contributed by atoms with E-state index in [-0.39, 0.29) is 0 Å². The molecule has 3 rings (SSSR count). The average Bonchev–Trinajstić information content (AvgIpc) is 3.06. The lowest BCUT2D eigenvalue weighted by Crippen LogP contribution is -2.32. The van der Waals surface area contributed by atoms with Crippen LogP contribution < -0.4 is 15.5 Å². The summed E-state index contributed by atoms with van der Waals surface area (Å²) in [6.07, 6.45) is 5.26. The smallest absolute Gasteiger partial charge is 0.329 e. The highest BCUT2D eigenvalue weighted by Gasteiger charge is 2.23. The minimum Gasteiger partial charge on any atom is -0.493 e. The molecule has 2 aromatic rings. The Morgan fingerprint density at radius 1 is 1.29 bits per heavy atom. The van der Waals surface area contributed by atoms with Gasteiger partial charge in [0.25, 0.3) is 0 Å². The van der Waals surface area contributed by atoms with Gasteiger partial charge in [0.15, 0.2) is 0 Å². The Morgan fingerprint density at radius 3 is 2.86 bits per heavy atom. The van der Waals surface area contributed by atoms with Gasteiger partial charge in [-0.25, -0.2) is 5.43 Å². The van der Waals surface area contributed by atoms with Crippen molar-refractivity contribution in [2.24, 2.45) is 5.10 Å². The van der Waals surface area contributed by atoms with Crippen molar-refractivity contribution in [3.05, 3.63) is 45.8 Å². The van der Waals surface area contributed by atoms with Crippen LogP contribution in [0, 0.1) is 11.3 Å². The number of carbonyl (C=O) groups is 2. The number of rotatable bonds is 5. The first-order valence-corrected chi connectivity index (χ1v) is 9.86. The number of ether oxygens (including phenoxy) is 1. The number of para-hydroxylation sites is 1. The van der Waals surface area contributed by atoms with Crippen molar-refractivity contribution in [3.8, 4) is 11.8 Å². The highest BCUT2D eigenvalue weighted by molar-refractivity contribution is 7.16. The van der Waals surface area contributed by atoms with Gasteiger partial charge < -0.3 is 10.1 Å². The maximum absolute atomic E-state index is 12.2. The Labute approximate surface area is 167 Å². The van der Waals surface area contributed by atoms with Crippen LogP contribution in [0.2, 0.25) is 0 Å². The van der Waals surface area contributed by atoms with Gasteiger partial charge in [-0.3, -0.25) is 9.59 Å². The van der Waals surface area contributed by atoms with Crippen LogP contribution in [0.4, 0.5) is 5.00 Å². The van der Waals surface area contributed by atoms with Crippen LogP contribution in [-0.2, 0) is 22.4 Å². The van der Waals surface area contributed by atoms with E-state index in [9.17, 15) is 14.9 Å². The van der Waals surface area contributed by atoms with Gasteiger partial charge in [0.1, 0.15) is 16.8 Å². The molecule has 1 heterocycles. The molecular formula is C20H20N4O3S. The lowest BCUT2D eigenvalue weighted by Gasteiger charge is -2.09. The second-order valence-electron chi connectivity index (χ2n) is 6.15. The fourth-order valence-electron chi connectivity index (χ4n) is 3.02. The van der Waals surface area contributed by atoms with E-state index in [0.29, 0.717) is 28.5 Å². The molecule has 0 atom stereocenters. The average molecular weight is 396 g/mol. The number of benzene rings is 1. The molecule has 7 nitrogen and oxygen atoms in total. The molecule has 0 saturated carbocycles. The monoisotopic (exact) mass is 396 g/mol. The van der Waals surface area contributed by atoms with Crippen molar-refractivity contribution in [2.45, 2.75) is 32.6 Å². The first-order valence-electron chi connectivity index (χ1n) is 9.04. The number of anilines is 1. The van der Waals surface area contributed by atoms with Crippen LogP contribution in [0.5, 0.6) is 5.75 Å². The first-order chi connectivity index (χ1) is 13.6. The van der Waals surface area contributed by atoms with Crippen LogP contribution in [0.15, 0.2) is 29.4 Å². The summed E-state index contributed by atoms with van der Waals surface area (Å²) in [5.41, 5.74) is 4.36. The lowest BCUT2D eigenvalue weighted by atomic mass is 9.96. The number of nitrogens with zero attached hydrogens (tertiary/aromatic N) is 2. The van der Waals surface area contributed by atoms with Crippen molar-refractivity contribution < 1.29 is 14.3 Å². The van der Waals surface area contributed by atoms with Crippen molar-refractivity contribution in [2.75, 3.05) is 11.9 Å². The van der Waals surface area contributed by atoms with Gasteiger partial charge in [-0.1, -0.05) is 12.1 Å². The second kappa shape index (κ2) is 9.15. The zero-order chi connectivity index (χ0) is 19.9. The number of aryl methyl sites for hydroxylation is 1. The van der Waals surface area contributed by atoms with Gasteiger partial charge in [-0.2, -0.15) is 10.4 Å². The van der Waals surface area contributed by atoms with Crippen LogP contribution in [-0.4, -0.2) is 24.6 Å². The molecule has 1 aliphatic rings. The molecule has 0 aliphatic heterocycles. The Morgan fingerprint density at radius 2 is 2.07 bits per heavy atom. The van der Waals surface area contributed by atoms with E-state index >= 15 is 0 Å². The van der Waals surface area contributed by atoms with Gasteiger partial charge in [0, 0.05) is 10.4 Å². The number of hydrogen-bond donors (Lipinski definition) is 2. The van der Waals surface area contributed by atoms with E-state index in [1.807, 2.05) is 19.1 Å². The summed E-state index contributed by atoms with van der Waals surface area (Å²) in [4.78, 5) is 25.3. The highest BCUT2D eigenvalue weighted by atomic mass is 32.1. The topological polar surface area (TPSA) is 104 Å². The third kappa shape index (κ3) is 4.38. The molecule has 144 valence electrons. The SMILES string of the molecule is CCOc1ccccc1/C=N/NC(=O)C(=O)Nc1sc2c(c1C#N)CCCC2. The van der Waals surface area contributed by atoms with Crippen molar-refractivity contribution in [3.63, 3.8) is 0 Å². The van der Waals surface area contributed by atoms with Crippen LogP contribution in [0.1, 0.15) is 41.3 Å². The minimum atomic E-state index is -0.902. The lowest BCUT2D eigenvalue weighted by molar-refractivity contribution is -0.136. The summed E-state index contributed by atoms with van der Waals surface area (Å²) in [5, 5.41) is 16.2. The molecule has 1 aliphatic carbocycles. The number of fused-ring (bicyclic) bond motifs is 1. The highest BCUT2D eigenvalue weighted by Crippen LogP contribution is 2.37. The molecule has 0 spiro atoms. The molecule has 2 amide bonds. The number of nitrogens with one attached hydrogen (secondary N) is 2. The molecule has 28 heavy (non-hydrogen) atoms. The molecule has 0 bridgehead atoms. The third-order valence-corrected chi connectivity index (χ3v) is 5.51. The maximum Gasteiger partial charge on any atom is 0.329 e. The van der Waals surface area contributed by atoms with Gasteiger partial charge in [0.05, 0.1) is 18.4 Å². The van der Waals surface area contributed by atoms with Crippen LogP contribution in [0.3, 0.4) is 0 Å². The zero-order valence-corrected chi connectivity index (χ0v) is 16.3. The first kappa shape index (κ1) is 19.6. The van der Waals surface area contributed by atoms with Crippen molar-refractivity contribution >= 4 is 34.4 Å². The molecule has 1 aromatic heterocycles. The maximum atomic E-state index is 12.2. The molecule has 0 radical (unpaired) electrons. The standard InChI is InChI=1S/C20H20N4O3S/c1-2-27-16-9-5-3-7-13(16)12-22-24-19(26)18(25)23-20-15(11-21)14-8-4-6-10-17(14)28-20/h3,5,7,9,12H,2,4,6,8,10H2,1H3,(H,23,25)(H,24,26)/b22-12+. The minimum absolute atomic E-state index is 0.431. The number of thiophene rings is 1. The van der Waals surface area contributed by atoms with Gasteiger partial charge in [0.2, 0.25) is 0 Å². The largest absolute Gasteiger partial charge is 0.493 e. The van der Waals surface area contributed by atoms with Crippen molar-refractivity contribution in [1.82, 2.24) is 5.43 Å². The fourth-order valence-corrected chi connectivity index (χ4v) is 4.25. The molecule has 2 N–H and O–H groups in total. The van der Waals surface area contributed by atoms with Gasteiger partial charge in [-0.05, 0) is 50.3 Å². The summed E-state index contributed by atoms with van der Waals surface area (Å²) in [6, 6.07) is 9.39. The molecule has 0 fully saturated rings. The van der Waals surface area contributed by atoms with E-state index in [1.54, 1.807) is 12.1 Å². The summed E-state index contributed by atoms with van der Waals surface area (Å²) in [7, 11) is 0. The molecule has 8 heteroatoms. The quantitative estimate of drug-likeness (QED) is 0.461. The van der Waals surface area contributed by atoms with Crippen LogP contribution >= 0.6 is 11.3 Å². The van der Waals surface area contributed by atoms with Crippen LogP contribution in [0.25, 0.3) is 0 Å². The Hall–Kier alpha value is -3.18. The number of amides is 2. The molecule has 0 saturated heterocycles. The Balaban J connectivity index is 1.64. The van der Waals surface area contributed by atoms with Gasteiger partial charge >= 0.3 is 11.8 Å². The summed E-state index contributed by atoms with van der Waals surface area (Å²) >= 11 is 1.37. The summed E-state index contributed by atoms with van der Waals surface area (Å²) < 4.78 is 5.47. The van der Waals surface area contributed by atoms with E-state index in [0.717, 1.165) is 36.1 Å². The number of hydrazone groups is 1. The van der Waals surface area contributed by atoms with E-state index in [2.05, 4.69) is 21.9 Å². The molecular weight excluding hydrogens is 376 g/mol. The Kier molecular flexibility index (Phi) is 6.40. The normalized spacial score (nSPS) is 12.9. The molecule has 0 unspecified atom stereocenters. The second-order valence-corrected chi connectivity index (χ2v) is 7.26. The molecule has 1 aromatic carbocycles. The van der Waals surface area contributed by atoms with Crippen molar-refractivity contribution in [1.29, 1.82) is 5.26 Å². The Bertz CT molecular complexity index is 959.